The molecule has 0 amide bonds. The van der Waals surface area contributed by atoms with Gasteiger partial charge >= 0.3 is 0 Å². The van der Waals surface area contributed by atoms with Crippen LogP contribution in [-0.2, 0) is 6.42 Å². The minimum Gasteiger partial charge on any atom is -0.327 e. The van der Waals surface area contributed by atoms with Crippen molar-refractivity contribution in [2.24, 2.45) is 5.92 Å². The largest absolute Gasteiger partial charge is 0.327 e. The van der Waals surface area contributed by atoms with Crippen LogP contribution in [0.5, 0.6) is 0 Å². The van der Waals surface area contributed by atoms with E-state index < -0.39 is 0 Å². The van der Waals surface area contributed by atoms with Crippen molar-refractivity contribution < 1.29 is 4.39 Å². The third-order valence-corrected chi connectivity index (χ3v) is 3.28. The molecule has 0 radical (unpaired) electrons. The molecule has 3 heteroatoms. The van der Waals surface area contributed by atoms with E-state index in [9.17, 15) is 4.39 Å². The molecule has 0 N–H and O–H groups in total. The number of hydrogen-bond acceptors (Lipinski definition) is 1. The van der Waals surface area contributed by atoms with Crippen LogP contribution >= 0.6 is 0 Å². The van der Waals surface area contributed by atoms with Gasteiger partial charge in [-0.3, -0.25) is 0 Å². The first-order valence-electron chi connectivity index (χ1n) is 5.53. The standard InChI is InChI=1S/C13H13FN2/c1-9-7-12-15-5-6-16(12)13(9)10-3-2-4-11(14)8-10/h2-6,8-9,13H,7H2,1H3. The summed E-state index contributed by atoms with van der Waals surface area (Å²) in [5.74, 6) is 1.41. The van der Waals surface area contributed by atoms with Gasteiger partial charge < -0.3 is 4.57 Å². The maximum Gasteiger partial charge on any atom is 0.123 e. The second-order valence-electron chi connectivity index (χ2n) is 4.43. The van der Waals surface area contributed by atoms with E-state index in [1.165, 1.54) is 6.07 Å². The van der Waals surface area contributed by atoms with E-state index >= 15 is 0 Å². The number of fused-ring (bicyclic) bond motifs is 1. The minimum absolute atomic E-state index is 0.168. The molecule has 0 saturated carbocycles. The number of hydrogen-bond donors (Lipinski definition) is 0. The van der Waals surface area contributed by atoms with E-state index in [0.717, 1.165) is 17.8 Å². The van der Waals surface area contributed by atoms with Gasteiger partial charge in [0, 0.05) is 18.8 Å². The summed E-state index contributed by atoms with van der Waals surface area (Å²) in [6.07, 6.45) is 4.76. The molecule has 1 aromatic carbocycles. The second kappa shape index (κ2) is 3.44. The van der Waals surface area contributed by atoms with Gasteiger partial charge in [0.05, 0.1) is 6.04 Å². The molecule has 0 aliphatic carbocycles. The number of nitrogens with zero attached hydrogens (tertiary/aromatic N) is 2. The molecular formula is C13H13FN2. The van der Waals surface area contributed by atoms with E-state index in [4.69, 9.17) is 0 Å². The summed E-state index contributed by atoms with van der Waals surface area (Å²) in [7, 11) is 0. The number of aromatic nitrogens is 2. The van der Waals surface area contributed by atoms with Gasteiger partial charge in [-0.1, -0.05) is 19.1 Å². The zero-order chi connectivity index (χ0) is 11.1. The van der Waals surface area contributed by atoms with Gasteiger partial charge in [0.15, 0.2) is 0 Å². The number of halogens is 1. The van der Waals surface area contributed by atoms with Crippen LogP contribution < -0.4 is 0 Å². The zero-order valence-corrected chi connectivity index (χ0v) is 9.10. The monoisotopic (exact) mass is 216 g/mol. The summed E-state index contributed by atoms with van der Waals surface area (Å²) in [4.78, 5) is 4.31. The molecule has 0 spiro atoms. The molecule has 2 atom stereocenters. The SMILES string of the molecule is CC1Cc2nccn2C1c1cccc(F)c1. The van der Waals surface area contributed by atoms with Crippen molar-refractivity contribution in [1.82, 2.24) is 9.55 Å². The van der Waals surface area contributed by atoms with E-state index in [0.29, 0.717) is 5.92 Å². The highest BCUT2D eigenvalue weighted by molar-refractivity contribution is 5.25. The molecule has 2 aromatic rings. The van der Waals surface area contributed by atoms with Gasteiger partial charge in [0.25, 0.3) is 0 Å². The lowest BCUT2D eigenvalue weighted by Gasteiger charge is -2.18. The Balaban J connectivity index is 2.07. The van der Waals surface area contributed by atoms with E-state index in [-0.39, 0.29) is 11.9 Å². The third-order valence-electron chi connectivity index (χ3n) is 3.28. The Bertz CT molecular complexity index is 518. The average Bonchev–Trinajstić information content (AvgIpc) is 2.76. The molecule has 2 unspecified atom stereocenters. The van der Waals surface area contributed by atoms with Gasteiger partial charge in [0.2, 0.25) is 0 Å². The summed E-state index contributed by atoms with van der Waals surface area (Å²) in [5.41, 5.74) is 1.03. The van der Waals surface area contributed by atoms with Crippen molar-refractivity contribution in [2.45, 2.75) is 19.4 Å². The van der Waals surface area contributed by atoms with E-state index in [1.807, 2.05) is 18.5 Å². The normalized spacial score (nSPS) is 23.4. The van der Waals surface area contributed by atoms with Crippen LogP contribution in [0.15, 0.2) is 36.7 Å². The predicted octanol–water partition coefficient (Wildman–Crippen LogP) is 2.80. The molecule has 2 nitrogen and oxygen atoms in total. The van der Waals surface area contributed by atoms with Gasteiger partial charge in [-0.15, -0.1) is 0 Å². The van der Waals surface area contributed by atoms with Crippen LogP contribution in [-0.4, -0.2) is 9.55 Å². The first kappa shape index (κ1) is 9.58. The maximum absolute atomic E-state index is 13.2. The first-order chi connectivity index (χ1) is 7.75. The molecule has 0 bridgehead atoms. The van der Waals surface area contributed by atoms with Crippen molar-refractivity contribution in [3.05, 3.63) is 53.9 Å². The molecule has 2 heterocycles. The van der Waals surface area contributed by atoms with Crippen molar-refractivity contribution in [3.8, 4) is 0 Å². The molecule has 0 fully saturated rings. The molecule has 1 aliphatic heterocycles. The fourth-order valence-electron chi connectivity index (χ4n) is 2.61. The van der Waals surface area contributed by atoms with Crippen LogP contribution in [0.3, 0.4) is 0 Å². The van der Waals surface area contributed by atoms with Gasteiger partial charge in [-0.2, -0.15) is 0 Å². The maximum atomic E-state index is 13.2. The van der Waals surface area contributed by atoms with E-state index in [2.05, 4.69) is 16.5 Å². The van der Waals surface area contributed by atoms with Gasteiger partial charge in [0.1, 0.15) is 11.6 Å². The van der Waals surface area contributed by atoms with Crippen molar-refractivity contribution >= 4 is 0 Å². The molecule has 1 aliphatic rings. The molecule has 16 heavy (non-hydrogen) atoms. The number of rotatable bonds is 1. The van der Waals surface area contributed by atoms with Gasteiger partial charge in [-0.05, 0) is 23.6 Å². The predicted molar refractivity (Wildman–Crippen MR) is 59.6 cm³/mol. The summed E-state index contributed by atoms with van der Waals surface area (Å²) in [5, 5.41) is 0. The van der Waals surface area contributed by atoms with Crippen LogP contribution in [0.2, 0.25) is 0 Å². The summed E-state index contributed by atoms with van der Waals surface area (Å²) in [6.45, 7) is 2.18. The fraction of sp³-hybridized carbons (Fsp3) is 0.308. The number of imidazole rings is 1. The summed E-state index contributed by atoms with van der Waals surface area (Å²) >= 11 is 0. The second-order valence-corrected chi connectivity index (χ2v) is 4.43. The molecule has 82 valence electrons. The van der Waals surface area contributed by atoms with Crippen molar-refractivity contribution in [3.63, 3.8) is 0 Å². The Morgan fingerprint density at radius 1 is 1.44 bits per heavy atom. The molecule has 1 aromatic heterocycles. The summed E-state index contributed by atoms with van der Waals surface area (Å²) in [6, 6.07) is 7.09. The lowest BCUT2D eigenvalue weighted by Crippen LogP contribution is -2.11. The molecule has 0 saturated heterocycles. The number of benzene rings is 1. The highest BCUT2D eigenvalue weighted by Crippen LogP contribution is 2.35. The third kappa shape index (κ3) is 1.35. The van der Waals surface area contributed by atoms with E-state index in [1.54, 1.807) is 12.1 Å². The van der Waals surface area contributed by atoms with Crippen molar-refractivity contribution in [1.29, 1.82) is 0 Å². The lowest BCUT2D eigenvalue weighted by atomic mass is 9.95. The summed E-state index contributed by atoms with van der Waals surface area (Å²) < 4.78 is 15.4. The Morgan fingerprint density at radius 3 is 3.12 bits per heavy atom. The topological polar surface area (TPSA) is 17.8 Å². The van der Waals surface area contributed by atoms with Crippen LogP contribution in [0.4, 0.5) is 4.39 Å². The van der Waals surface area contributed by atoms with Crippen LogP contribution in [0, 0.1) is 11.7 Å². The Kier molecular flexibility index (Phi) is 2.06. The highest BCUT2D eigenvalue weighted by atomic mass is 19.1. The smallest absolute Gasteiger partial charge is 0.123 e. The van der Waals surface area contributed by atoms with Crippen molar-refractivity contribution in [2.75, 3.05) is 0 Å². The Hall–Kier alpha value is -1.64. The van der Waals surface area contributed by atoms with Crippen LogP contribution in [0.1, 0.15) is 24.4 Å². The molecular weight excluding hydrogens is 203 g/mol. The van der Waals surface area contributed by atoms with Gasteiger partial charge in [-0.25, -0.2) is 9.37 Å². The lowest BCUT2D eigenvalue weighted by molar-refractivity contribution is 0.472. The Labute approximate surface area is 93.7 Å². The quantitative estimate of drug-likeness (QED) is 0.716. The van der Waals surface area contributed by atoms with Crippen LogP contribution in [0.25, 0.3) is 0 Å². The fourth-order valence-corrected chi connectivity index (χ4v) is 2.61. The zero-order valence-electron chi connectivity index (χ0n) is 9.10. The minimum atomic E-state index is -0.168. The Morgan fingerprint density at radius 2 is 2.31 bits per heavy atom. The average molecular weight is 216 g/mol. The first-order valence-corrected chi connectivity index (χ1v) is 5.53. The highest BCUT2D eigenvalue weighted by Gasteiger charge is 2.30. The molecule has 3 rings (SSSR count).